The molecule has 0 saturated carbocycles. The van der Waals surface area contributed by atoms with Crippen LogP contribution in [0.3, 0.4) is 0 Å². The summed E-state index contributed by atoms with van der Waals surface area (Å²) in [7, 11) is 7.50. The highest BCUT2D eigenvalue weighted by Crippen LogP contribution is 2.24. The van der Waals surface area contributed by atoms with Gasteiger partial charge >= 0.3 is 0 Å². The smallest absolute Gasteiger partial charge is 0.255 e. The number of hydrogen-bond acceptors (Lipinski definition) is 12. The lowest BCUT2D eigenvalue weighted by molar-refractivity contribution is -0.149. The lowest BCUT2D eigenvalue weighted by Crippen LogP contribution is -2.62. The molecule has 6 N–H and O–H groups in total. The average molecular weight is 1260 g/mol. The summed E-state index contributed by atoms with van der Waals surface area (Å²) in [5, 5.41) is 24.8. The van der Waals surface area contributed by atoms with E-state index in [1.165, 1.54) is 52.6 Å². The quantitative estimate of drug-likeness (QED) is 0.158. The molecule has 0 aromatic heterocycles. The second kappa shape index (κ2) is 35.8. The number of carbonyl (C=O) groups excluding carboxylic acids is 11. The Morgan fingerprint density at radius 1 is 0.567 bits per heavy atom. The van der Waals surface area contributed by atoms with Crippen molar-refractivity contribution < 1.29 is 57.8 Å². The molecule has 2 aliphatic rings. The van der Waals surface area contributed by atoms with Gasteiger partial charge in [-0.1, -0.05) is 129 Å². The topological polar surface area (TPSA) is 288 Å². The number of aliphatic hydroxyl groups excluding tert-OH is 1. The number of aliphatic hydroxyl groups is 1. The predicted molar refractivity (Wildman–Crippen MR) is 343 cm³/mol. The number of amides is 11. The molecule has 11 amide bonds. The van der Waals surface area contributed by atoms with Crippen molar-refractivity contribution in [3.05, 3.63) is 71.8 Å². The van der Waals surface area contributed by atoms with Crippen molar-refractivity contribution in [2.45, 2.75) is 182 Å². The highest BCUT2D eigenvalue weighted by Gasteiger charge is 2.42. The van der Waals surface area contributed by atoms with Gasteiger partial charge in [0.05, 0.1) is 24.5 Å². The van der Waals surface area contributed by atoms with Crippen molar-refractivity contribution in [2.24, 2.45) is 35.5 Å². The summed E-state index contributed by atoms with van der Waals surface area (Å²) in [5.74, 6) is -9.95. The Labute approximate surface area is 533 Å². The van der Waals surface area contributed by atoms with Crippen LogP contribution in [-0.2, 0) is 65.6 Å². The van der Waals surface area contributed by atoms with Gasteiger partial charge in [-0.2, -0.15) is 0 Å². The van der Waals surface area contributed by atoms with Crippen LogP contribution in [-0.4, -0.2) is 216 Å². The maximum Gasteiger partial charge on any atom is 0.255 e. The molecule has 4 rings (SSSR count). The molecule has 0 spiro atoms. The molecule has 0 bridgehead atoms. The molecular formula is C67H105N11O12. The van der Waals surface area contributed by atoms with Crippen LogP contribution >= 0.6 is 0 Å². The average Bonchev–Trinajstić information content (AvgIpc) is 1.22. The van der Waals surface area contributed by atoms with E-state index < -0.39 is 144 Å². The summed E-state index contributed by atoms with van der Waals surface area (Å²) in [6, 6.07) is 9.85. The Kier molecular flexibility index (Phi) is 29.9. The normalized spacial score (nSPS) is 25.8. The van der Waals surface area contributed by atoms with Crippen LogP contribution in [0.1, 0.15) is 132 Å². The maximum atomic E-state index is 15.3. The summed E-state index contributed by atoms with van der Waals surface area (Å²) in [4.78, 5) is 168. The van der Waals surface area contributed by atoms with Gasteiger partial charge in [-0.05, 0) is 80.2 Å². The lowest BCUT2D eigenvalue weighted by Gasteiger charge is -2.38. The van der Waals surface area contributed by atoms with E-state index in [1.807, 2.05) is 71.9 Å². The minimum Gasteiger partial charge on any atom is -0.391 e. The van der Waals surface area contributed by atoms with Gasteiger partial charge in [-0.3, -0.25) is 52.7 Å². The van der Waals surface area contributed by atoms with Crippen molar-refractivity contribution in [2.75, 3.05) is 68.0 Å². The minimum absolute atomic E-state index is 0.0163. The molecule has 2 heterocycles. The number of benzene rings is 2. The molecule has 0 aliphatic carbocycles. The molecule has 2 saturated heterocycles. The van der Waals surface area contributed by atoms with E-state index in [0.29, 0.717) is 50.8 Å². The predicted octanol–water partition coefficient (Wildman–Crippen LogP) is 3.16. The van der Waals surface area contributed by atoms with Crippen LogP contribution in [0.25, 0.3) is 0 Å². The van der Waals surface area contributed by atoms with Gasteiger partial charge in [-0.15, -0.1) is 0 Å². The highest BCUT2D eigenvalue weighted by atomic mass is 16.3. The number of rotatable bonds is 13. The second-order valence-electron chi connectivity index (χ2n) is 26.2. The van der Waals surface area contributed by atoms with Crippen LogP contribution in [0, 0.1) is 35.5 Å². The summed E-state index contributed by atoms with van der Waals surface area (Å²) in [6.45, 7) is 17.5. The Bertz CT molecular complexity index is 2740. The minimum atomic E-state index is -1.89. The largest absolute Gasteiger partial charge is 0.391 e. The molecule has 23 heteroatoms. The van der Waals surface area contributed by atoms with Crippen molar-refractivity contribution in [3.63, 3.8) is 0 Å². The molecule has 0 radical (unpaired) electrons. The van der Waals surface area contributed by atoms with Gasteiger partial charge in [0.2, 0.25) is 53.2 Å². The van der Waals surface area contributed by atoms with Gasteiger partial charge in [0, 0.05) is 92.8 Å². The molecule has 11 atom stereocenters. The maximum absolute atomic E-state index is 15.3. The van der Waals surface area contributed by atoms with Crippen molar-refractivity contribution in [3.8, 4) is 0 Å². The SMILES string of the molecule is CC[C@H](C)[C@@H]1NC(=O)CC(CC(C)C)N(C)C(=O)[C@H](C)CNC(=O)CN(C)C(=O)[C@@H](C(=O)N2CCCCC2)NC(=O)[C@H]([C@@H](C)O)NC(=O)[C@H](Cc2ccccc2)CNC(=O)[C@H](C(C)C)N(C)C(=O)C[C@H](CC(C)C)N(C)C(=O)[C@H](Cc2ccccc2)N(C)C1=O. The fraction of sp³-hybridized carbons (Fsp3) is 0.657. The number of carbonyl (C=O) groups is 11. The summed E-state index contributed by atoms with van der Waals surface area (Å²) in [6.07, 6.45) is 1.53. The molecule has 500 valence electrons. The molecule has 90 heavy (non-hydrogen) atoms. The van der Waals surface area contributed by atoms with Crippen LogP contribution in [0.15, 0.2) is 60.7 Å². The number of likely N-dealkylation sites (tertiary alicyclic amines) is 1. The van der Waals surface area contributed by atoms with Gasteiger partial charge < -0.3 is 61.1 Å². The zero-order chi connectivity index (χ0) is 67.3. The Balaban J connectivity index is 1.84. The summed E-state index contributed by atoms with van der Waals surface area (Å²) in [5.41, 5.74) is 1.45. The van der Waals surface area contributed by atoms with Crippen molar-refractivity contribution in [1.29, 1.82) is 0 Å². The van der Waals surface area contributed by atoms with Crippen molar-refractivity contribution in [1.82, 2.24) is 56.0 Å². The van der Waals surface area contributed by atoms with E-state index in [9.17, 15) is 48.3 Å². The first-order valence-electron chi connectivity index (χ1n) is 32.2. The van der Waals surface area contributed by atoms with Crippen molar-refractivity contribution >= 4 is 65.0 Å². The molecule has 2 fully saturated rings. The van der Waals surface area contributed by atoms with Crippen LogP contribution < -0.4 is 26.6 Å². The Morgan fingerprint density at radius 2 is 1.11 bits per heavy atom. The fourth-order valence-corrected chi connectivity index (χ4v) is 11.8. The molecule has 2 aliphatic heterocycles. The molecule has 1 unspecified atom stereocenters. The van der Waals surface area contributed by atoms with Gasteiger partial charge in [0.25, 0.3) is 11.8 Å². The van der Waals surface area contributed by atoms with Crippen LogP contribution in [0.5, 0.6) is 0 Å². The molecule has 23 nitrogen and oxygen atoms in total. The molecule has 2 aromatic carbocycles. The Hall–Kier alpha value is -7.43. The van der Waals surface area contributed by atoms with E-state index in [2.05, 4.69) is 26.6 Å². The number of hydrogen-bond donors (Lipinski definition) is 6. The van der Waals surface area contributed by atoms with E-state index >= 15 is 9.59 Å². The zero-order valence-electron chi connectivity index (χ0n) is 56.1. The summed E-state index contributed by atoms with van der Waals surface area (Å²) >= 11 is 0. The fourth-order valence-electron chi connectivity index (χ4n) is 11.8. The van der Waals surface area contributed by atoms with Crippen LogP contribution in [0.4, 0.5) is 0 Å². The highest BCUT2D eigenvalue weighted by molar-refractivity contribution is 6.08. The van der Waals surface area contributed by atoms with E-state index in [-0.39, 0.29) is 50.6 Å². The van der Waals surface area contributed by atoms with Gasteiger partial charge in [0.1, 0.15) is 24.2 Å². The second-order valence-corrected chi connectivity index (χ2v) is 26.2. The summed E-state index contributed by atoms with van der Waals surface area (Å²) < 4.78 is 0. The van der Waals surface area contributed by atoms with Crippen LogP contribution in [0.2, 0.25) is 0 Å². The van der Waals surface area contributed by atoms with E-state index in [0.717, 1.165) is 16.9 Å². The third-order valence-electron chi connectivity index (χ3n) is 17.5. The standard InChI is InChI=1S/C67H105N11O12/c1-16-44(8)56-66(89)76(14)52(35-48-28-22-18-23-29-48)64(87)75(13)51(33-42(4)5)37-55(82)77(15)59(43(6)7)62(85)69-39-49(34-47-26-20-17-21-27-47)60(83)71-57(46(10)79)61(84)72-58(67(90)78-30-24-19-25-31-78)65(88)73(11)40-54(81)68-38-45(9)63(86)74(12)50(32-41(2)3)36-53(80)70-56/h17-18,20-23,26-29,41-46,49-52,56-59,79H,16,19,24-25,30-40H2,1-15H3,(H,68,81)(H,69,85)(H,70,80)(H,71,83)(H,72,84)/t44-,45+,46+,49+,50?,51-,52-,56-,57-,58-,59-/m0/s1. The first-order chi connectivity index (χ1) is 42.4. The third kappa shape index (κ3) is 21.9. The number of likely N-dealkylation sites (N-methyl/N-ethyl adjacent to an activating group) is 4. The van der Waals surface area contributed by atoms with E-state index in [1.54, 1.807) is 65.2 Å². The third-order valence-corrected chi connectivity index (χ3v) is 17.5. The number of piperidine rings is 1. The van der Waals surface area contributed by atoms with Gasteiger partial charge in [0.15, 0.2) is 6.04 Å². The number of nitrogens with one attached hydrogen (secondary N) is 5. The monoisotopic (exact) mass is 1260 g/mol. The number of nitrogens with zero attached hydrogens (tertiary/aromatic N) is 6. The Morgan fingerprint density at radius 3 is 1.64 bits per heavy atom. The molecule has 2 aromatic rings. The lowest BCUT2D eigenvalue weighted by atomic mass is 9.94. The first kappa shape index (κ1) is 75.0. The molecular weight excluding hydrogens is 1150 g/mol. The van der Waals surface area contributed by atoms with E-state index in [4.69, 9.17) is 0 Å². The zero-order valence-corrected chi connectivity index (χ0v) is 56.1. The van der Waals surface area contributed by atoms with Gasteiger partial charge in [-0.25, -0.2) is 0 Å². The first-order valence-corrected chi connectivity index (χ1v) is 32.2.